The van der Waals surface area contributed by atoms with Gasteiger partial charge in [-0.2, -0.15) is 4.98 Å². The van der Waals surface area contributed by atoms with Crippen LogP contribution in [-0.2, 0) is 13.6 Å². The maximum atomic E-state index is 14.1. The van der Waals surface area contributed by atoms with Gasteiger partial charge in [0, 0.05) is 31.1 Å². The maximum absolute atomic E-state index is 14.1. The average Bonchev–Trinajstić information content (AvgIpc) is 3.18. The molecule has 11 heteroatoms. The van der Waals surface area contributed by atoms with E-state index >= 15 is 0 Å². The highest BCUT2D eigenvalue weighted by Crippen LogP contribution is 2.58. The van der Waals surface area contributed by atoms with Gasteiger partial charge in [-0.15, -0.1) is 0 Å². The lowest BCUT2D eigenvalue weighted by Crippen LogP contribution is -2.24. The van der Waals surface area contributed by atoms with Crippen molar-refractivity contribution in [2.24, 2.45) is 18.9 Å². The Morgan fingerprint density at radius 2 is 2.00 bits per heavy atom. The van der Waals surface area contributed by atoms with E-state index in [0.29, 0.717) is 45.4 Å². The zero-order chi connectivity index (χ0) is 21.3. The number of anilines is 1. The normalized spacial score (nSPS) is 22.3. The number of halogens is 2. The van der Waals surface area contributed by atoms with Crippen LogP contribution < -0.4 is 10.5 Å². The first-order valence-electron chi connectivity index (χ1n) is 9.88. The molecular formula is C20H17ClFN7O2. The summed E-state index contributed by atoms with van der Waals surface area (Å²) in [6, 6.07) is 4.60. The molecule has 158 valence electrons. The van der Waals surface area contributed by atoms with Gasteiger partial charge in [-0.1, -0.05) is 16.8 Å². The molecule has 0 unspecified atom stereocenters. The second kappa shape index (κ2) is 6.61. The summed E-state index contributed by atoms with van der Waals surface area (Å²) in [6.45, 7) is 1.58. The van der Waals surface area contributed by atoms with Crippen molar-refractivity contribution >= 4 is 28.5 Å². The third-order valence-electron chi connectivity index (χ3n) is 6.23. The van der Waals surface area contributed by atoms with Crippen molar-refractivity contribution in [1.29, 1.82) is 0 Å². The Kier molecular flexibility index (Phi) is 3.95. The summed E-state index contributed by atoms with van der Waals surface area (Å²) in [6.07, 6.45) is 2.99. The van der Waals surface area contributed by atoms with Crippen molar-refractivity contribution in [2.45, 2.75) is 12.5 Å². The predicted octanol–water partition coefficient (Wildman–Crippen LogP) is 2.20. The van der Waals surface area contributed by atoms with Crippen LogP contribution in [0, 0.1) is 17.7 Å². The topological polar surface area (TPSA) is 94.9 Å². The number of piperidine rings is 1. The molecule has 1 saturated carbocycles. The van der Waals surface area contributed by atoms with E-state index in [1.807, 2.05) is 4.90 Å². The zero-order valence-electron chi connectivity index (χ0n) is 16.4. The lowest BCUT2D eigenvalue weighted by atomic mass is 10.2. The van der Waals surface area contributed by atoms with Crippen LogP contribution in [-0.4, -0.2) is 42.3 Å². The highest BCUT2D eigenvalue weighted by Gasteiger charge is 2.58. The Labute approximate surface area is 180 Å². The maximum Gasteiger partial charge on any atom is 0.280 e. The molecule has 1 aliphatic carbocycles. The summed E-state index contributed by atoms with van der Waals surface area (Å²) in [5.41, 5.74) is 1.14. The molecule has 0 N–H and O–H groups in total. The van der Waals surface area contributed by atoms with Crippen LogP contribution in [0.1, 0.15) is 17.6 Å². The number of rotatable bonds is 4. The highest BCUT2D eigenvalue weighted by atomic mass is 35.5. The average molecular weight is 442 g/mol. The van der Waals surface area contributed by atoms with Crippen LogP contribution in [0.2, 0.25) is 5.02 Å². The summed E-state index contributed by atoms with van der Waals surface area (Å²) in [4.78, 5) is 27.5. The smallest absolute Gasteiger partial charge is 0.280 e. The Morgan fingerprint density at radius 3 is 2.81 bits per heavy atom. The molecule has 0 bridgehead atoms. The van der Waals surface area contributed by atoms with E-state index in [4.69, 9.17) is 16.1 Å². The standard InChI is InChI=1S/C20H17ClFN7O2/c1-27-8-23-19-17(27)20(30)29(9-24-19)7-15-25-18(26-31-15)16-11-5-28(6-12(11)16)14-4-10(21)2-3-13(14)22/h2-4,8-9,11-12,16H,5-7H2,1H3/t11-,12+,16-. The number of benzene rings is 1. The Bertz CT molecular complexity index is 1370. The molecule has 0 spiro atoms. The van der Waals surface area contributed by atoms with E-state index in [9.17, 15) is 9.18 Å². The molecule has 3 aromatic heterocycles. The second-order valence-electron chi connectivity index (χ2n) is 8.11. The number of imidazole rings is 1. The van der Waals surface area contributed by atoms with E-state index in [2.05, 4.69) is 20.1 Å². The molecular weight excluding hydrogens is 425 g/mol. The molecule has 4 heterocycles. The van der Waals surface area contributed by atoms with Gasteiger partial charge < -0.3 is 14.0 Å². The van der Waals surface area contributed by atoms with Crippen LogP contribution >= 0.6 is 11.6 Å². The summed E-state index contributed by atoms with van der Waals surface area (Å²) < 4.78 is 22.6. The number of fused-ring (bicyclic) bond motifs is 2. The van der Waals surface area contributed by atoms with Crippen LogP contribution in [0.5, 0.6) is 0 Å². The molecule has 2 fully saturated rings. The summed E-state index contributed by atoms with van der Waals surface area (Å²) in [5, 5.41) is 4.65. The SMILES string of the molecule is Cn1cnc2ncn(Cc3nc([C@@H]4[C@@H]5CN(c6cc(Cl)ccc6F)C[C@@H]54)no3)c(=O)c21. The monoisotopic (exact) mass is 441 g/mol. The summed E-state index contributed by atoms with van der Waals surface area (Å²) >= 11 is 6.02. The fraction of sp³-hybridized carbons (Fsp3) is 0.350. The first-order valence-corrected chi connectivity index (χ1v) is 10.3. The van der Waals surface area contributed by atoms with E-state index in [-0.39, 0.29) is 23.8 Å². The van der Waals surface area contributed by atoms with Gasteiger partial charge in [0.15, 0.2) is 17.0 Å². The van der Waals surface area contributed by atoms with Gasteiger partial charge in [0.25, 0.3) is 5.56 Å². The van der Waals surface area contributed by atoms with Crippen molar-refractivity contribution in [1.82, 2.24) is 29.2 Å². The van der Waals surface area contributed by atoms with Gasteiger partial charge in [-0.05, 0) is 30.0 Å². The number of hydrogen-bond donors (Lipinski definition) is 0. The Hall–Kier alpha value is -3.27. The molecule has 0 radical (unpaired) electrons. The number of hydrogen-bond acceptors (Lipinski definition) is 7. The number of nitrogens with zero attached hydrogens (tertiary/aromatic N) is 7. The molecule has 1 aromatic carbocycles. The van der Waals surface area contributed by atoms with Gasteiger partial charge in [0.2, 0.25) is 5.89 Å². The Morgan fingerprint density at radius 1 is 1.23 bits per heavy atom. The van der Waals surface area contributed by atoms with E-state index in [1.165, 1.54) is 17.0 Å². The molecule has 1 saturated heterocycles. The quantitative estimate of drug-likeness (QED) is 0.479. The predicted molar refractivity (Wildman–Crippen MR) is 110 cm³/mol. The number of aromatic nitrogens is 6. The second-order valence-corrected chi connectivity index (χ2v) is 8.54. The van der Waals surface area contributed by atoms with Crippen molar-refractivity contribution in [3.05, 3.63) is 63.8 Å². The molecule has 4 aromatic rings. The third-order valence-corrected chi connectivity index (χ3v) is 6.47. The molecule has 1 aliphatic heterocycles. The molecule has 2 aliphatic rings. The number of aryl methyl sites for hydroxylation is 1. The molecule has 31 heavy (non-hydrogen) atoms. The largest absolute Gasteiger partial charge is 0.369 e. The fourth-order valence-corrected chi connectivity index (χ4v) is 4.80. The molecule has 0 amide bonds. The van der Waals surface area contributed by atoms with Crippen molar-refractivity contribution in [3.63, 3.8) is 0 Å². The van der Waals surface area contributed by atoms with Crippen molar-refractivity contribution in [3.8, 4) is 0 Å². The first-order chi connectivity index (χ1) is 15.0. The van der Waals surface area contributed by atoms with Crippen LogP contribution in [0.15, 0.2) is 40.2 Å². The van der Waals surface area contributed by atoms with Gasteiger partial charge >= 0.3 is 0 Å². The van der Waals surface area contributed by atoms with Crippen molar-refractivity contribution < 1.29 is 8.91 Å². The fourth-order valence-electron chi connectivity index (χ4n) is 4.63. The summed E-state index contributed by atoms with van der Waals surface area (Å²) in [5.74, 6) is 1.60. The molecule has 3 atom stereocenters. The van der Waals surface area contributed by atoms with E-state index in [0.717, 1.165) is 13.1 Å². The molecule has 9 nitrogen and oxygen atoms in total. The van der Waals surface area contributed by atoms with E-state index < -0.39 is 0 Å². The van der Waals surface area contributed by atoms with Gasteiger partial charge in [-0.25, -0.2) is 14.4 Å². The lowest BCUT2D eigenvalue weighted by molar-refractivity contribution is 0.363. The van der Waals surface area contributed by atoms with Crippen molar-refractivity contribution in [2.75, 3.05) is 18.0 Å². The molecule has 6 rings (SSSR count). The van der Waals surface area contributed by atoms with E-state index in [1.54, 1.807) is 30.1 Å². The van der Waals surface area contributed by atoms with Crippen LogP contribution in [0.25, 0.3) is 11.2 Å². The first kappa shape index (κ1) is 18.5. The highest BCUT2D eigenvalue weighted by molar-refractivity contribution is 6.30. The van der Waals surface area contributed by atoms with Gasteiger partial charge in [-0.3, -0.25) is 9.36 Å². The Balaban J connectivity index is 1.17. The van der Waals surface area contributed by atoms with Crippen LogP contribution in [0.3, 0.4) is 0 Å². The van der Waals surface area contributed by atoms with Gasteiger partial charge in [0.05, 0.1) is 12.0 Å². The van der Waals surface area contributed by atoms with Gasteiger partial charge in [0.1, 0.15) is 18.7 Å². The lowest BCUT2D eigenvalue weighted by Gasteiger charge is -2.22. The summed E-state index contributed by atoms with van der Waals surface area (Å²) in [7, 11) is 1.75. The minimum Gasteiger partial charge on any atom is -0.369 e. The zero-order valence-corrected chi connectivity index (χ0v) is 17.2. The minimum absolute atomic E-state index is 0.141. The minimum atomic E-state index is -0.270. The van der Waals surface area contributed by atoms with Crippen LogP contribution in [0.4, 0.5) is 10.1 Å². The third kappa shape index (κ3) is 2.93.